The molecule has 7 heteroatoms. The maximum absolute atomic E-state index is 11.5. The van der Waals surface area contributed by atoms with Crippen molar-refractivity contribution in [1.82, 2.24) is 10.8 Å². The molecule has 0 rings (SSSR count). The number of thioether (sulfide) groups is 1. The minimum absolute atomic E-state index is 0.423. The molecule has 0 unspecified atom stereocenters. The summed E-state index contributed by atoms with van der Waals surface area (Å²) in [6.07, 6.45) is 1.64. The lowest BCUT2D eigenvalue weighted by atomic mass is 10.2. The smallest absolute Gasteiger partial charge is 0.408 e. The summed E-state index contributed by atoms with van der Waals surface area (Å²) in [7, 11) is 0. The van der Waals surface area contributed by atoms with Gasteiger partial charge in [0.1, 0.15) is 11.6 Å². The molecular weight excluding hydrogens is 244 g/mol. The van der Waals surface area contributed by atoms with Gasteiger partial charge in [-0.3, -0.25) is 10.0 Å². The Labute approximate surface area is 105 Å². The summed E-state index contributed by atoms with van der Waals surface area (Å²) in [5, 5.41) is 11.0. The van der Waals surface area contributed by atoms with E-state index >= 15 is 0 Å². The van der Waals surface area contributed by atoms with E-state index in [1.807, 2.05) is 6.26 Å². The van der Waals surface area contributed by atoms with Crippen LogP contribution in [0.1, 0.15) is 27.2 Å². The van der Waals surface area contributed by atoms with Crippen LogP contribution in [0.25, 0.3) is 0 Å². The van der Waals surface area contributed by atoms with Crippen LogP contribution in [0.3, 0.4) is 0 Å². The van der Waals surface area contributed by atoms with Gasteiger partial charge in [-0.1, -0.05) is 0 Å². The van der Waals surface area contributed by atoms with Gasteiger partial charge in [0.15, 0.2) is 0 Å². The van der Waals surface area contributed by atoms with Crippen LogP contribution in [-0.4, -0.2) is 40.9 Å². The molecule has 0 spiro atoms. The first-order valence-electron chi connectivity index (χ1n) is 5.22. The molecule has 0 bridgehead atoms. The van der Waals surface area contributed by atoms with E-state index in [4.69, 9.17) is 9.94 Å². The zero-order chi connectivity index (χ0) is 13.5. The van der Waals surface area contributed by atoms with Gasteiger partial charge in [-0.15, -0.1) is 0 Å². The second-order valence-corrected chi connectivity index (χ2v) is 5.44. The first-order chi connectivity index (χ1) is 7.80. The predicted molar refractivity (Wildman–Crippen MR) is 66.1 cm³/mol. The summed E-state index contributed by atoms with van der Waals surface area (Å²) < 4.78 is 5.02. The second kappa shape index (κ2) is 7.39. The third-order valence-electron chi connectivity index (χ3n) is 1.73. The van der Waals surface area contributed by atoms with Crippen molar-refractivity contribution in [2.45, 2.75) is 38.8 Å². The highest BCUT2D eigenvalue weighted by atomic mass is 32.2. The van der Waals surface area contributed by atoms with E-state index in [1.54, 1.807) is 32.5 Å². The average Bonchev–Trinajstić information content (AvgIpc) is 2.20. The summed E-state index contributed by atoms with van der Waals surface area (Å²) in [6, 6.07) is -0.790. The molecule has 0 fully saturated rings. The highest BCUT2D eigenvalue weighted by molar-refractivity contribution is 7.98. The average molecular weight is 264 g/mol. The Kier molecular flexibility index (Phi) is 6.98. The van der Waals surface area contributed by atoms with E-state index < -0.39 is 23.6 Å². The zero-order valence-electron chi connectivity index (χ0n) is 10.6. The molecular formula is C10H20N2O4S. The number of hydroxylamine groups is 1. The highest BCUT2D eigenvalue weighted by Gasteiger charge is 2.23. The van der Waals surface area contributed by atoms with Crippen LogP contribution in [0.5, 0.6) is 0 Å². The monoisotopic (exact) mass is 264 g/mol. The summed E-state index contributed by atoms with van der Waals surface area (Å²) in [4.78, 5) is 22.7. The molecule has 0 saturated carbocycles. The molecule has 17 heavy (non-hydrogen) atoms. The summed E-state index contributed by atoms with van der Waals surface area (Å²) in [5.41, 5.74) is 0.902. The number of carbonyl (C=O) groups is 2. The molecule has 0 aromatic rings. The fraction of sp³-hybridized carbons (Fsp3) is 0.800. The number of hydrogen-bond donors (Lipinski definition) is 3. The van der Waals surface area contributed by atoms with Crippen molar-refractivity contribution >= 4 is 23.8 Å². The molecule has 3 N–H and O–H groups in total. The van der Waals surface area contributed by atoms with E-state index in [0.717, 1.165) is 0 Å². The largest absolute Gasteiger partial charge is 0.444 e. The Morgan fingerprint density at radius 1 is 1.41 bits per heavy atom. The van der Waals surface area contributed by atoms with Crippen LogP contribution in [0.15, 0.2) is 0 Å². The topological polar surface area (TPSA) is 87.7 Å². The molecule has 0 aliphatic rings. The molecule has 100 valence electrons. The lowest BCUT2D eigenvalue weighted by Gasteiger charge is -2.22. The quantitative estimate of drug-likeness (QED) is 0.512. The van der Waals surface area contributed by atoms with Crippen LogP contribution in [0.2, 0.25) is 0 Å². The van der Waals surface area contributed by atoms with Gasteiger partial charge in [0.05, 0.1) is 0 Å². The van der Waals surface area contributed by atoms with Gasteiger partial charge in [0.2, 0.25) is 0 Å². The van der Waals surface area contributed by atoms with Crippen LogP contribution < -0.4 is 10.8 Å². The van der Waals surface area contributed by atoms with Crippen LogP contribution in [0.4, 0.5) is 4.79 Å². The third kappa shape index (κ3) is 7.87. The van der Waals surface area contributed by atoms with Crippen molar-refractivity contribution in [3.8, 4) is 0 Å². The van der Waals surface area contributed by atoms with E-state index in [-0.39, 0.29) is 0 Å². The first kappa shape index (κ1) is 16.1. The molecule has 0 heterocycles. The van der Waals surface area contributed by atoms with E-state index in [1.165, 1.54) is 5.48 Å². The number of ether oxygens (including phenoxy) is 1. The number of amides is 2. The SMILES string of the molecule is CSCC[C@H](NC(=O)OC(C)(C)C)C(=O)NO. The highest BCUT2D eigenvalue weighted by Crippen LogP contribution is 2.08. The van der Waals surface area contributed by atoms with E-state index in [0.29, 0.717) is 12.2 Å². The Balaban J connectivity index is 4.32. The van der Waals surface area contributed by atoms with Crippen molar-refractivity contribution < 1.29 is 19.5 Å². The minimum Gasteiger partial charge on any atom is -0.444 e. The number of rotatable bonds is 5. The minimum atomic E-state index is -0.790. The van der Waals surface area contributed by atoms with Gasteiger partial charge in [-0.05, 0) is 39.2 Å². The van der Waals surface area contributed by atoms with Crippen LogP contribution in [0, 0.1) is 0 Å². The number of carbonyl (C=O) groups excluding carboxylic acids is 2. The fourth-order valence-electron chi connectivity index (χ4n) is 1.03. The molecule has 2 amide bonds. The van der Waals surface area contributed by atoms with Crippen molar-refractivity contribution in [2.75, 3.05) is 12.0 Å². The molecule has 6 nitrogen and oxygen atoms in total. The summed E-state index contributed by atoms with van der Waals surface area (Å²) >= 11 is 1.54. The van der Waals surface area contributed by atoms with Crippen molar-refractivity contribution in [1.29, 1.82) is 0 Å². The van der Waals surface area contributed by atoms with Gasteiger partial charge in [0.25, 0.3) is 5.91 Å². The van der Waals surface area contributed by atoms with E-state index in [2.05, 4.69) is 5.32 Å². The van der Waals surface area contributed by atoms with Crippen LogP contribution >= 0.6 is 11.8 Å². The van der Waals surface area contributed by atoms with Crippen LogP contribution in [-0.2, 0) is 9.53 Å². The molecule has 0 saturated heterocycles. The van der Waals surface area contributed by atoms with Gasteiger partial charge in [-0.2, -0.15) is 11.8 Å². The second-order valence-electron chi connectivity index (χ2n) is 4.46. The maximum atomic E-state index is 11.5. The normalized spacial score (nSPS) is 12.8. The maximum Gasteiger partial charge on any atom is 0.408 e. The molecule has 1 atom stereocenters. The first-order valence-corrected chi connectivity index (χ1v) is 6.62. The summed E-state index contributed by atoms with van der Waals surface area (Å²) in [6.45, 7) is 5.20. The molecule has 0 aliphatic heterocycles. The number of alkyl carbamates (subject to hydrolysis) is 1. The van der Waals surface area contributed by atoms with Gasteiger partial charge in [0, 0.05) is 0 Å². The predicted octanol–water partition coefficient (Wildman–Crippen LogP) is 1.14. The van der Waals surface area contributed by atoms with E-state index in [9.17, 15) is 9.59 Å². The lowest BCUT2D eigenvalue weighted by Crippen LogP contribution is -2.47. The molecule has 0 aliphatic carbocycles. The van der Waals surface area contributed by atoms with Gasteiger partial charge in [-0.25, -0.2) is 10.3 Å². The zero-order valence-corrected chi connectivity index (χ0v) is 11.4. The standard InChI is InChI=1S/C10H20N2O4S/c1-10(2,3)16-9(14)11-7(5-6-17-4)8(13)12-15/h7,15H,5-6H2,1-4H3,(H,11,14)(H,12,13)/t7-/m0/s1. The summed E-state index contributed by atoms with van der Waals surface area (Å²) in [5.74, 6) is 0.0401. The van der Waals surface area contributed by atoms with Crippen molar-refractivity contribution in [2.24, 2.45) is 0 Å². The molecule has 0 aromatic carbocycles. The Morgan fingerprint density at radius 3 is 2.41 bits per heavy atom. The number of nitrogens with one attached hydrogen (secondary N) is 2. The van der Waals surface area contributed by atoms with Gasteiger partial charge >= 0.3 is 6.09 Å². The number of hydrogen-bond acceptors (Lipinski definition) is 5. The van der Waals surface area contributed by atoms with Gasteiger partial charge < -0.3 is 10.1 Å². The van der Waals surface area contributed by atoms with Crippen molar-refractivity contribution in [3.63, 3.8) is 0 Å². The lowest BCUT2D eigenvalue weighted by molar-refractivity contribution is -0.131. The molecule has 0 aromatic heterocycles. The fourth-order valence-corrected chi connectivity index (χ4v) is 1.50. The Morgan fingerprint density at radius 2 is 2.00 bits per heavy atom. The van der Waals surface area contributed by atoms with Crippen molar-refractivity contribution in [3.05, 3.63) is 0 Å². The molecule has 0 radical (unpaired) electrons. The third-order valence-corrected chi connectivity index (χ3v) is 2.37. The Bertz CT molecular complexity index is 266. The Hall–Kier alpha value is -0.950.